The fourth-order valence-electron chi connectivity index (χ4n) is 1.52. The van der Waals surface area contributed by atoms with Gasteiger partial charge in [0.15, 0.2) is 0 Å². The van der Waals surface area contributed by atoms with E-state index in [1.807, 2.05) is 0 Å². The van der Waals surface area contributed by atoms with Crippen molar-refractivity contribution in [2.45, 2.75) is 0 Å². The lowest BCUT2D eigenvalue weighted by Crippen LogP contribution is -2.14. The minimum Gasteiger partial charge on any atom is -0.478 e. The van der Waals surface area contributed by atoms with Crippen LogP contribution in [0.15, 0.2) is 29.2 Å². The molecular weight excluding hydrogens is 294 g/mol. The largest absolute Gasteiger partial charge is 0.478 e. The zero-order chi connectivity index (χ0) is 14.9. The summed E-state index contributed by atoms with van der Waals surface area (Å²) in [6, 6.07) is 2.66. The Labute approximate surface area is 115 Å². The molecule has 0 aliphatic heterocycles. The maximum atomic E-state index is 13.5. The highest BCUT2D eigenvalue weighted by molar-refractivity contribution is 6.34. The van der Waals surface area contributed by atoms with E-state index in [2.05, 4.69) is 10.3 Å². The lowest BCUT2D eigenvalue weighted by Gasteiger charge is -2.11. The fourth-order valence-corrected chi connectivity index (χ4v) is 1.73. The Morgan fingerprint density at radius 1 is 1.35 bits per heavy atom. The van der Waals surface area contributed by atoms with Gasteiger partial charge in [-0.25, -0.2) is 13.6 Å². The van der Waals surface area contributed by atoms with E-state index in [4.69, 9.17) is 16.7 Å². The average Bonchev–Trinajstić information content (AvgIpc) is 2.37. The molecule has 0 amide bonds. The summed E-state index contributed by atoms with van der Waals surface area (Å²) in [5, 5.41) is 10.9. The van der Waals surface area contributed by atoms with Crippen LogP contribution in [0.5, 0.6) is 0 Å². The fraction of sp³-hybridized carbons (Fsp3) is 0. The van der Waals surface area contributed by atoms with Crippen LogP contribution in [0.4, 0.5) is 20.2 Å². The van der Waals surface area contributed by atoms with Gasteiger partial charge in [0.05, 0.1) is 11.4 Å². The smallest absolute Gasteiger partial charge is 0.339 e. The third-order valence-electron chi connectivity index (χ3n) is 2.46. The predicted molar refractivity (Wildman–Crippen MR) is 68.7 cm³/mol. The third-order valence-corrected chi connectivity index (χ3v) is 2.82. The molecule has 0 saturated carbocycles. The number of aromatic amines is 1. The van der Waals surface area contributed by atoms with Crippen molar-refractivity contribution in [2.75, 3.05) is 5.32 Å². The van der Waals surface area contributed by atoms with Gasteiger partial charge in [-0.15, -0.1) is 0 Å². The zero-order valence-corrected chi connectivity index (χ0v) is 10.5. The van der Waals surface area contributed by atoms with E-state index in [0.29, 0.717) is 6.07 Å². The number of hydrogen-bond acceptors (Lipinski definition) is 3. The Morgan fingerprint density at radius 3 is 2.65 bits per heavy atom. The second-order valence-corrected chi connectivity index (χ2v) is 4.15. The van der Waals surface area contributed by atoms with Crippen molar-refractivity contribution < 1.29 is 18.7 Å². The second-order valence-electron chi connectivity index (χ2n) is 3.77. The van der Waals surface area contributed by atoms with Crippen LogP contribution in [0.3, 0.4) is 0 Å². The molecule has 0 aliphatic carbocycles. The number of nitrogens with one attached hydrogen (secondary N) is 2. The van der Waals surface area contributed by atoms with E-state index in [-0.39, 0.29) is 16.9 Å². The number of hydrogen-bond donors (Lipinski definition) is 3. The van der Waals surface area contributed by atoms with E-state index in [1.165, 1.54) is 0 Å². The Kier molecular flexibility index (Phi) is 3.71. The summed E-state index contributed by atoms with van der Waals surface area (Å²) in [6.45, 7) is 0. The van der Waals surface area contributed by atoms with Crippen molar-refractivity contribution in [1.82, 2.24) is 4.98 Å². The van der Waals surface area contributed by atoms with Crippen LogP contribution in [-0.2, 0) is 0 Å². The number of pyridine rings is 1. The number of rotatable bonds is 3. The van der Waals surface area contributed by atoms with Crippen molar-refractivity contribution in [1.29, 1.82) is 0 Å². The molecule has 1 aromatic heterocycles. The molecule has 0 unspecified atom stereocenters. The summed E-state index contributed by atoms with van der Waals surface area (Å²) in [6.07, 6.45) is 0.931. The molecule has 8 heteroatoms. The van der Waals surface area contributed by atoms with Crippen LogP contribution in [-0.4, -0.2) is 16.1 Å². The SMILES string of the molecule is O=C(O)c1c[nH]c(=O)c(Cl)c1Nc1ccc(F)cc1F. The maximum absolute atomic E-state index is 13.5. The van der Waals surface area contributed by atoms with Gasteiger partial charge in [-0.05, 0) is 12.1 Å². The molecule has 2 aromatic rings. The van der Waals surface area contributed by atoms with Crippen molar-refractivity contribution in [3.63, 3.8) is 0 Å². The molecule has 1 heterocycles. The van der Waals surface area contributed by atoms with Crippen molar-refractivity contribution in [2.24, 2.45) is 0 Å². The molecular formula is C12H7ClF2N2O3. The third kappa shape index (κ3) is 2.62. The van der Waals surface area contributed by atoms with Crippen LogP contribution in [0.2, 0.25) is 5.02 Å². The topological polar surface area (TPSA) is 82.2 Å². The first kappa shape index (κ1) is 14.0. The standard InChI is InChI=1S/C12H7ClF2N2O3/c13-9-10(6(12(19)20)4-16-11(9)18)17-8-2-1-5(14)3-7(8)15/h1-4H,(H,19,20)(H2,16,17,18). The minimum absolute atomic E-state index is 0.207. The maximum Gasteiger partial charge on any atom is 0.339 e. The van der Waals surface area contributed by atoms with Crippen LogP contribution >= 0.6 is 11.6 Å². The highest BCUT2D eigenvalue weighted by atomic mass is 35.5. The molecule has 104 valence electrons. The van der Waals surface area contributed by atoms with Crippen LogP contribution < -0.4 is 10.9 Å². The Bertz CT molecular complexity index is 746. The molecule has 3 N–H and O–H groups in total. The van der Waals surface area contributed by atoms with Crippen LogP contribution in [0.1, 0.15) is 10.4 Å². The number of aromatic nitrogens is 1. The van der Waals surface area contributed by atoms with Gasteiger partial charge < -0.3 is 15.4 Å². The van der Waals surface area contributed by atoms with Crippen molar-refractivity contribution >= 4 is 28.9 Å². The number of benzene rings is 1. The lowest BCUT2D eigenvalue weighted by molar-refractivity contribution is 0.0697. The monoisotopic (exact) mass is 300 g/mol. The van der Waals surface area contributed by atoms with E-state index in [0.717, 1.165) is 18.3 Å². The highest BCUT2D eigenvalue weighted by Gasteiger charge is 2.17. The molecule has 0 aliphatic rings. The number of anilines is 2. The number of carboxylic acid groups (broad SMARTS) is 1. The summed E-state index contributed by atoms with van der Waals surface area (Å²) in [4.78, 5) is 24.5. The molecule has 0 atom stereocenters. The van der Waals surface area contributed by atoms with E-state index in [1.54, 1.807) is 0 Å². The molecule has 20 heavy (non-hydrogen) atoms. The predicted octanol–water partition coefficient (Wildman–Crippen LogP) is 2.75. The summed E-state index contributed by atoms with van der Waals surface area (Å²) in [5.41, 5.74) is -1.56. The molecule has 5 nitrogen and oxygen atoms in total. The van der Waals surface area contributed by atoms with E-state index in [9.17, 15) is 18.4 Å². The molecule has 0 saturated heterocycles. The van der Waals surface area contributed by atoms with E-state index < -0.39 is 28.2 Å². The van der Waals surface area contributed by atoms with Gasteiger partial charge in [-0.1, -0.05) is 11.6 Å². The minimum atomic E-state index is -1.37. The summed E-state index contributed by atoms with van der Waals surface area (Å²) in [5.74, 6) is -3.10. The number of halogens is 3. The first-order valence-electron chi connectivity index (χ1n) is 5.26. The van der Waals surface area contributed by atoms with E-state index >= 15 is 0 Å². The summed E-state index contributed by atoms with van der Waals surface area (Å²) < 4.78 is 26.3. The van der Waals surface area contributed by atoms with Gasteiger partial charge in [-0.2, -0.15) is 0 Å². The van der Waals surface area contributed by atoms with Gasteiger partial charge in [0, 0.05) is 12.3 Å². The number of carbonyl (C=O) groups is 1. The summed E-state index contributed by atoms with van der Waals surface area (Å²) in [7, 11) is 0. The molecule has 0 fully saturated rings. The average molecular weight is 301 g/mol. The van der Waals surface area contributed by atoms with Crippen molar-refractivity contribution in [3.8, 4) is 0 Å². The first-order chi connectivity index (χ1) is 9.40. The first-order valence-corrected chi connectivity index (χ1v) is 5.64. The number of carboxylic acids is 1. The molecule has 0 spiro atoms. The van der Waals surface area contributed by atoms with Crippen molar-refractivity contribution in [3.05, 3.63) is 57.0 Å². The Morgan fingerprint density at radius 2 is 2.05 bits per heavy atom. The molecule has 1 aromatic carbocycles. The summed E-state index contributed by atoms with van der Waals surface area (Å²) >= 11 is 5.71. The number of aromatic carboxylic acids is 1. The molecule has 2 rings (SSSR count). The quantitative estimate of drug-likeness (QED) is 0.814. The highest BCUT2D eigenvalue weighted by Crippen LogP contribution is 2.27. The molecule has 0 radical (unpaired) electrons. The molecule has 0 bridgehead atoms. The zero-order valence-electron chi connectivity index (χ0n) is 9.71. The Hall–Kier alpha value is -2.41. The Balaban J connectivity index is 2.55. The van der Waals surface area contributed by atoms with Crippen LogP contribution in [0, 0.1) is 11.6 Å². The van der Waals surface area contributed by atoms with Gasteiger partial charge >= 0.3 is 5.97 Å². The van der Waals surface area contributed by atoms with Gasteiger partial charge in [0.2, 0.25) is 0 Å². The van der Waals surface area contributed by atoms with Crippen LogP contribution in [0.25, 0.3) is 0 Å². The normalized spacial score (nSPS) is 10.3. The lowest BCUT2D eigenvalue weighted by atomic mass is 10.2. The van der Waals surface area contributed by atoms with Gasteiger partial charge in [0.1, 0.15) is 22.2 Å². The number of H-pyrrole nitrogens is 1. The van der Waals surface area contributed by atoms with Gasteiger partial charge in [-0.3, -0.25) is 4.79 Å². The van der Waals surface area contributed by atoms with Gasteiger partial charge in [0.25, 0.3) is 5.56 Å². The second kappa shape index (κ2) is 5.30.